The van der Waals surface area contributed by atoms with Crippen LogP contribution in [0.15, 0.2) is 41.6 Å². The van der Waals surface area contributed by atoms with Gasteiger partial charge in [0.15, 0.2) is 0 Å². The number of carbonyl (C=O) groups excluding carboxylic acids is 3. The summed E-state index contributed by atoms with van der Waals surface area (Å²) in [5.74, 6) is -0.0253. The molecule has 3 N–H and O–H groups in total. The molecule has 3 amide bonds. The van der Waals surface area contributed by atoms with Crippen LogP contribution in [0.4, 0.5) is 4.79 Å². The van der Waals surface area contributed by atoms with Crippen molar-refractivity contribution < 1.29 is 19.1 Å². The summed E-state index contributed by atoms with van der Waals surface area (Å²) in [4.78, 5) is 39.5. The summed E-state index contributed by atoms with van der Waals surface area (Å²) in [6, 6.07) is 8.75. The first kappa shape index (κ1) is 21.4. The number of hydrogen-bond acceptors (Lipinski definition) is 5. The number of ether oxygens (including phenoxy) is 1. The van der Waals surface area contributed by atoms with E-state index in [0.717, 1.165) is 44.3 Å². The van der Waals surface area contributed by atoms with E-state index >= 15 is 0 Å². The molecule has 1 aliphatic carbocycles. The standard InChI is InChI=1S/C23H30N4O4/c1-2-31-22(29)19-18(25-23(30)26-20(19)15-6-4-3-5-7-15)14-27-12-10-17(11-13-27)24-21(28)16-8-9-16/h3-7,16-17,20H,2,8-14H2,1H3,(H,24,28)(H2,25,26,30). The molecule has 0 spiro atoms. The first-order valence-electron chi connectivity index (χ1n) is 11.1. The van der Waals surface area contributed by atoms with Crippen molar-refractivity contribution in [3.05, 3.63) is 47.2 Å². The maximum absolute atomic E-state index is 12.8. The fourth-order valence-corrected chi connectivity index (χ4v) is 4.21. The van der Waals surface area contributed by atoms with E-state index in [1.54, 1.807) is 6.92 Å². The summed E-state index contributed by atoms with van der Waals surface area (Å²) in [5, 5.41) is 8.85. The number of nitrogens with zero attached hydrogens (tertiary/aromatic N) is 1. The van der Waals surface area contributed by atoms with Gasteiger partial charge in [0.05, 0.1) is 18.2 Å². The number of urea groups is 1. The molecule has 31 heavy (non-hydrogen) atoms. The monoisotopic (exact) mass is 426 g/mol. The summed E-state index contributed by atoms with van der Waals surface area (Å²) in [7, 11) is 0. The fourth-order valence-electron chi connectivity index (χ4n) is 4.21. The first-order chi connectivity index (χ1) is 15.0. The molecule has 0 aromatic heterocycles. The number of hydrogen-bond donors (Lipinski definition) is 3. The molecule has 166 valence electrons. The van der Waals surface area contributed by atoms with Gasteiger partial charge in [-0.2, -0.15) is 0 Å². The molecular formula is C23H30N4O4. The minimum atomic E-state index is -0.556. The van der Waals surface area contributed by atoms with Crippen LogP contribution in [0.2, 0.25) is 0 Å². The number of amides is 3. The SMILES string of the molecule is CCOC(=O)C1=C(CN2CCC(NC(=O)C3CC3)CC2)NC(=O)NC1c1ccccc1. The van der Waals surface area contributed by atoms with E-state index in [2.05, 4.69) is 20.9 Å². The Balaban J connectivity index is 1.48. The first-order valence-corrected chi connectivity index (χ1v) is 11.1. The van der Waals surface area contributed by atoms with E-state index in [4.69, 9.17) is 4.74 Å². The zero-order chi connectivity index (χ0) is 21.8. The van der Waals surface area contributed by atoms with Gasteiger partial charge in [-0.1, -0.05) is 30.3 Å². The van der Waals surface area contributed by atoms with Gasteiger partial charge in [0, 0.05) is 37.3 Å². The second-order valence-electron chi connectivity index (χ2n) is 8.39. The van der Waals surface area contributed by atoms with E-state index in [1.807, 2.05) is 30.3 Å². The maximum atomic E-state index is 12.8. The molecule has 4 rings (SSSR count). The van der Waals surface area contributed by atoms with Crippen LogP contribution in [0.25, 0.3) is 0 Å². The molecule has 8 heteroatoms. The average molecular weight is 427 g/mol. The molecule has 3 aliphatic rings. The van der Waals surface area contributed by atoms with Gasteiger partial charge in [0.2, 0.25) is 5.91 Å². The molecule has 1 unspecified atom stereocenters. The number of nitrogens with one attached hydrogen (secondary N) is 3. The van der Waals surface area contributed by atoms with Crippen molar-refractivity contribution in [2.75, 3.05) is 26.2 Å². The van der Waals surface area contributed by atoms with Crippen LogP contribution in [-0.2, 0) is 14.3 Å². The van der Waals surface area contributed by atoms with Gasteiger partial charge < -0.3 is 20.7 Å². The molecular weight excluding hydrogens is 396 g/mol. The average Bonchev–Trinajstić information content (AvgIpc) is 3.61. The van der Waals surface area contributed by atoms with Crippen LogP contribution < -0.4 is 16.0 Å². The van der Waals surface area contributed by atoms with Gasteiger partial charge in [-0.25, -0.2) is 9.59 Å². The third-order valence-corrected chi connectivity index (χ3v) is 6.05. The number of esters is 1. The molecule has 8 nitrogen and oxygen atoms in total. The Morgan fingerprint density at radius 3 is 2.48 bits per heavy atom. The lowest BCUT2D eigenvalue weighted by Gasteiger charge is -2.35. The molecule has 1 saturated heterocycles. The van der Waals surface area contributed by atoms with E-state index in [-0.39, 0.29) is 30.5 Å². The molecule has 2 fully saturated rings. The van der Waals surface area contributed by atoms with Crippen molar-refractivity contribution in [3.8, 4) is 0 Å². The minimum Gasteiger partial charge on any atom is -0.463 e. The van der Waals surface area contributed by atoms with Crippen molar-refractivity contribution in [2.24, 2.45) is 5.92 Å². The summed E-state index contributed by atoms with van der Waals surface area (Å²) < 4.78 is 5.32. The molecule has 2 aliphatic heterocycles. The molecule has 1 saturated carbocycles. The van der Waals surface area contributed by atoms with Gasteiger partial charge in [-0.05, 0) is 38.2 Å². The van der Waals surface area contributed by atoms with Crippen LogP contribution in [0.1, 0.15) is 44.2 Å². The zero-order valence-corrected chi connectivity index (χ0v) is 17.9. The Bertz CT molecular complexity index is 858. The highest BCUT2D eigenvalue weighted by Crippen LogP contribution is 2.30. The van der Waals surface area contributed by atoms with Crippen molar-refractivity contribution in [3.63, 3.8) is 0 Å². The van der Waals surface area contributed by atoms with Crippen LogP contribution >= 0.6 is 0 Å². The normalized spacial score (nSPS) is 22.5. The Morgan fingerprint density at radius 1 is 1.13 bits per heavy atom. The van der Waals surface area contributed by atoms with Gasteiger partial charge in [0.25, 0.3) is 0 Å². The Hall–Kier alpha value is -2.87. The molecule has 0 bridgehead atoms. The Kier molecular flexibility index (Phi) is 6.56. The second-order valence-corrected chi connectivity index (χ2v) is 8.39. The highest BCUT2D eigenvalue weighted by Gasteiger charge is 2.35. The number of carbonyl (C=O) groups is 3. The van der Waals surface area contributed by atoms with Gasteiger partial charge in [-0.15, -0.1) is 0 Å². The van der Waals surface area contributed by atoms with Crippen LogP contribution in [0.5, 0.6) is 0 Å². The van der Waals surface area contributed by atoms with E-state index in [9.17, 15) is 14.4 Å². The lowest BCUT2D eigenvalue weighted by molar-refractivity contribution is -0.139. The van der Waals surface area contributed by atoms with Crippen molar-refractivity contribution >= 4 is 17.9 Å². The van der Waals surface area contributed by atoms with E-state index < -0.39 is 12.0 Å². The van der Waals surface area contributed by atoms with Gasteiger partial charge >= 0.3 is 12.0 Å². The third kappa shape index (κ3) is 5.25. The topological polar surface area (TPSA) is 99.8 Å². The van der Waals surface area contributed by atoms with Crippen LogP contribution in [0.3, 0.4) is 0 Å². The quantitative estimate of drug-likeness (QED) is 0.578. The zero-order valence-electron chi connectivity index (χ0n) is 17.9. The fraction of sp³-hybridized carbons (Fsp3) is 0.522. The minimum absolute atomic E-state index is 0.182. The predicted molar refractivity (Wildman–Crippen MR) is 115 cm³/mol. The molecule has 0 radical (unpaired) electrons. The lowest BCUT2D eigenvalue weighted by Crippen LogP contribution is -2.50. The number of benzene rings is 1. The largest absolute Gasteiger partial charge is 0.463 e. The second kappa shape index (κ2) is 9.51. The molecule has 1 aromatic carbocycles. The summed E-state index contributed by atoms with van der Waals surface area (Å²) in [6.07, 6.45) is 3.72. The summed E-state index contributed by atoms with van der Waals surface area (Å²) >= 11 is 0. The predicted octanol–water partition coefficient (Wildman–Crippen LogP) is 1.85. The van der Waals surface area contributed by atoms with Gasteiger partial charge in [-0.3, -0.25) is 9.69 Å². The number of piperidine rings is 1. The van der Waals surface area contributed by atoms with Crippen LogP contribution in [0, 0.1) is 5.92 Å². The maximum Gasteiger partial charge on any atom is 0.338 e. The number of likely N-dealkylation sites (tertiary alicyclic amines) is 1. The van der Waals surface area contributed by atoms with Crippen molar-refractivity contribution in [1.82, 2.24) is 20.9 Å². The van der Waals surface area contributed by atoms with Gasteiger partial charge in [0.1, 0.15) is 0 Å². The van der Waals surface area contributed by atoms with E-state index in [0.29, 0.717) is 17.8 Å². The van der Waals surface area contributed by atoms with Crippen LogP contribution in [-0.4, -0.2) is 55.1 Å². The molecule has 1 aromatic rings. The molecule has 1 atom stereocenters. The summed E-state index contributed by atoms with van der Waals surface area (Å²) in [5.41, 5.74) is 1.85. The van der Waals surface area contributed by atoms with Crippen molar-refractivity contribution in [1.29, 1.82) is 0 Å². The highest BCUT2D eigenvalue weighted by atomic mass is 16.5. The third-order valence-electron chi connectivity index (χ3n) is 6.05. The summed E-state index contributed by atoms with van der Waals surface area (Å²) in [6.45, 7) is 4.06. The van der Waals surface area contributed by atoms with E-state index in [1.165, 1.54) is 0 Å². The van der Waals surface area contributed by atoms with Crippen molar-refractivity contribution in [2.45, 2.75) is 44.7 Å². The smallest absolute Gasteiger partial charge is 0.338 e. The Labute approximate surface area is 182 Å². The Morgan fingerprint density at radius 2 is 1.84 bits per heavy atom. The lowest BCUT2D eigenvalue weighted by atomic mass is 9.94. The number of rotatable bonds is 7. The highest BCUT2D eigenvalue weighted by molar-refractivity contribution is 5.95. The molecule has 2 heterocycles.